The van der Waals surface area contributed by atoms with Gasteiger partial charge in [-0.05, 0) is 38.9 Å². The molecule has 0 heterocycles. The van der Waals surface area contributed by atoms with Gasteiger partial charge in [-0.3, -0.25) is 4.79 Å². The van der Waals surface area contributed by atoms with Crippen LogP contribution in [-0.4, -0.2) is 61.5 Å². The number of aliphatic carboxylic acids is 1. The van der Waals surface area contributed by atoms with Crippen molar-refractivity contribution < 1.29 is 28.7 Å². The Balaban J connectivity index is 5.28. The van der Waals surface area contributed by atoms with Gasteiger partial charge in [0.15, 0.2) is 8.32 Å². The molecule has 0 rings (SSSR count). The van der Waals surface area contributed by atoms with Crippen LogP contribution in [-0.2, 0) is 18.8 Å². The molecule has 0 aromatic rings. The van der Waals surface area contributed by atoms with Gasteiger partial charge in [-0.25, -0.2) is 9.59 Å². The van der Waals surface area contributed by atoms with Gasteiger partial charge in [0.05, 0.1) is 6.54 Å². The Hall–Kier alpha value is -1.41. The van der Waals surface area contributed by atoms with Gasteiger partial charge in [0, 0.05) is 7.05 Å². The van der Waals surface area contributed by atoms with Crippen LogP contribution in [0, 0.1) is 0 Å². The molecule has 8 heteroatoms. The Labute approximate surface area is 145 Å². The van der Waals surface area contributed by atoms with Crippen molar-refractivity contribution in [3.05, 3.63) is 0 Å². The summed E-state index contributed by atoms with van der Waals surface area (Å²) in [5.74, 6) is -2.63. The molecule has 0 aromatic carbocycles. The van der Waals surface area contributed by atoms with E-state index in [1.54, 1.807) is 20.8 Å². The maximum atomic E-state index is 12.0. The van der Waals surface area contributed by atoms with Crippen molar-refractivity contribution in [2.45, 2.75) is 71.4 Å². The van der Waals surface area contributed by atoms with E-state index in [1.807, 2.05) is 33.9 Å². The molecule has 0 aliphatic carbocycles. The van der Waals surface area contributed by atoms with E-state index in [0.717, 1.165) is 0 Å². The molecule has 24 heavy (non-hydrogen) atoms. The van der Waals surface area contributed by atoms with Crippen LogP contribution < -0.4 is 0 Å². The number of likely N-dealkylation sites (N-methyl/N-ethyl adjacent to an activating group) is 1. The smallest absolute Gasteiger partial charge is 0.410 e. The van der Waals surface area contributed by atoms with Crippen LogP contribution in [0.2, 0.25) is 18.1 Å². The van der Waals surface area contributed by atoms with Crippen molar-refractivity contribution in [1.29, 1.82) is 0 Å². The van der Waals surface area contributed by atoms with Gasteiger partial charge in [0.2, 0.25) is 0 Å². The first-order chi connectivity index (χ1) is 10.5. The number of carbonyl (C=O) groups excluding carboxylic acids is 2. The zero-order valence-corrected chi connectivity index (χ0v) is 17.2. The predicted molar refractivity (Wildman–Crippen MR) is 93.6 cm³/mol. The van der Waals surface area contributed by atoms with E-state index in [0.29, 0.717) is 0 Å². The van der Waals surface area contributed by atoms with Crippen LogP contribution in [0.25, 0.3) is 0 Å². The highest BCUT2D eigenvalue weighted by Gasteiger charge is 2.42. The number of hydrogen-bond donors (Lipinski definition) is 1. The number of carboxylic acid groups (broad SMARTS) is 1. The van der Waals surface area contributed by atoms with Crippen molar-refractivity contribution in [3.8, 4) is 0 Å². The van der Waals surface area contributed by atoms with Gasteiger partial charge >= 0.3 is 12.1 Å². The molecule has 0 spiro atoms. The number of carbonyl (C=O) groups is 3. The summed E-state index contributed by atoms with van der Waals surface area (Å²) in [7, 11) is -0.938. The number of ketones is 1. The molecule has 0 fully saturated rings. The molecule has 0 aromatic heterocycles. The van der Waals surface area contributed by atoms with E-state index in [-0.39, 0.29) is 11.6 Å². The van der Waals surface area contributed by atoms with E-state index >= 15 is 0 Å². The summed E-state index contributed by atoms with van der Waals surface area (Å²) >= 11 is 0. The van der Waals surface area contributed by atoms with E-state index in [1.165, 1.54) is 11.9 Å². The topological polar surface area (TPSA) is 93.1 Å². The lowest BCUT2D eigenvalue weighted by Gasteiger charge is -2.39. The lowest BCUT2D eigenvalue weighted by Crippen LogP contribution is -2.51. The van der Waals surface area contributed by atoms with E-state index < -0.39 is 37.9 Å². The second kappa shape index (κ2) is 7.65. The van der Waals surface area contributed by atoms with Gasteiger partial charge in [0.1, 0.15) is 11.7 Å². The Bertz CT molecular complexity index is 490. The molecule has 140 valence electrons. The molecule has 1 amide bonds. The Morgan fingerprint density at radius 2 is 1.54 bits per heavy atom. The number of rotatable bonds is 6. The van der Waals surface area contributed by atoms with Crippen LogP contribution in [0.15, 0.2) is 0 Å². The summed E-state index contributed by atoms with van der Waals surface area (Å²) in [4.78, 5) is 36.3. The number of carboxylic acids is 1. The van der Waals surface area contributed by atoms with Crippen LogP contribution in [0.3, 0.4) is 0 Å². The second-order valence-electron chi connectivity index (χ2n) is 8.40. The van der Waals surface area contributed by atoms with Gasteiger partial charge in [-0.15, -0.1) is 0 Å². The Morgan fingerprint density at radius 3 is 1.88 bits per heavy atom. The normalized spacial score (nSPS) is 14.0. The maximum Gasteiger partial charge on any atom is 0.410 e. The third-order valence-corrected chi connectivity index (χ3v) is 8.38. The van der Waals surface area contributed by atoms with Crippen molar-refractivity contribution in [2.75, 3.05) is 13.6 Å². The van der Waals surface area contributed by atoms with E-state index in [9.17, 15) is 14.4 Å². The fourth-order valence-corrected chi connectivity index (χ4v) is 2.75. The van der Waals surface area contributed by atoms with Crippen molar-refractivity contribution >= 4 is 26.2 Å². The highest BCUT2D eigenvalue weighted by atomic mass is 28.4. The third kappa shape index (κ3) is 7.00. The molecule has 1 unspecified atom stereocenters. The van der Waals surface area contributed by atoms with E-state index in [2.05, 4.69) is 0 Å². The minimum atomic E-state index is -2.39. The van der Waals surface area contributed by atoms with Crippen molar-refractivity contribution in [2.24, 2.45) is 0 Å². The Kier molecular flexibility index (Phi) is 7.20. The number of ether oxygens (including phenoxy) is 1. The van der Waals surface area contributed by atoms with Crippen molar-refractivity contribution in [3.63, 3.8) is 0 Å². The average molecular weight is 362 g/mol. The molecule has 1 N–H and O–H groups in total. The highest BCUT2D eigenvalue weighted by molar-refractivity contribution is 6.74. The number of amides is 1. The van der Waals surface area contributed by atoms with Gasteiger partial charge < -0.3 is 19.2 Å². The van der Waals surface area contributed by atoms with Crippen molar-refractivity contribution in [1.82, 2.24) is 4.90 Å². The molecule has 0 aliphatic rings. The minimum Gasteiger partial charge on any atom is -0.475 e. The van der Waals surface area contributed by atoms with Gasteiger partial charge in [0.25, 0.3) is 5.78 Å². The second-order valence-corrected chi connectivity index (χ2v) is 13.2. The summed E-state index contributed by atoms with van der Waals surface area (Å²) in [6, 6.07) is 0. The highest BCUT2D eigenvalue weighted by Crippen LogP contribution is 2.37. The fraction of sp³-hybridized carbons (Fsp3) is 0.812. The third-order valence-electron chi connectivity index (χ3n) is 3.89. The monoisotopic (exact) mass is 361 g/mol. The van der Waals surface area contributed by atoms with E-state index in [4.69, 9.17) is 14.3 Å². The minimum absolute atomic E-state index is 0.174. The molecule has 0 saturated carbocycles. The molecule has 7 nitrogen and oxygen atoms in total. The average Bonchev–Trinajstić information content (AvgIpc) is 2.32. The summed E-state index contributed by atoms with van der Waals surface area (Å²) in [6.07, 6.45) is -1.86. The first-order valence-corrected chi connectivity index (χ1v) is 10.8. The molecule has 0 aliphatic heterocycles. The number of hydrogen-bond acceptors (Lipinski definition) is 5. The quantitative estimate of drug-likeness (QED) is 0.577. The first-order valence-electron chi connectivity index (χ1n) is 7.87. The lowest BCUT2D eigenvalue weighted by molar-refractivity contribution is -0.153. The Morgan fingerprint density at radius 1 is 1.08 bits per heavy atom. The van der Waals surface area contributed by atoms with Crippen LogP contribution >= 0.6 is 0 Å². The van der Waals surface area contributed by atoms with Crippen LogP contribution in [0.1, 0.15) is 41.5 Å². The molecule has 0 saturated heterocycles. The SMILES string of the molecule is CN(CC(O[Si](C)(C)C(C)(C)C)C(=O)C(=O)O)C(=O)OC(C)(C)C. The lowest BCUT2D eigenvalue weighted by atomic mass is 10.2. The van der Waals surface area contributed by atoms with Gasteiger partial charge in [-0.1, -0.05) is 20.8 Å². The molecule has 0 radical (unpaired) electrons. The first kappa shape index (κ1) is 22.6. The van der Waals surface area contributed by atoms with Crippen LogP contribution in [0.4, 0.5) is 4.79 Å². The fourth-order valence-electron chi connectivity index (χ4n) is 1.51. The number of nitrogens with zero attached hydrogens (tertiary/aromatic N) is 1. The maximum absolute atomic E-state index is 12.0. The van der Waals surface area contributed by atoms with Crippen LogP contribution in [0.5, 0.6) is 0 Å². The molecule has 0 bridgehead atoms. The molecule has 1 atom stereocenters. The molecular weight excluding hydrogens is 330 g/mol. The largest absolute Gasteiger partial charge is 0.475 e. The standard InChI is InChI=1S/C16H31NO6Si/c1-15(2,3)22-14(21)17(7)10-11(12(18)13(19)20)23-24(8,9)16(4,5)6/h11H,10H2,1-9H3,(H,19,20). The molecular formula is C16H31NO6Si. The zero-order chi connectivity index (χ0) is 19.5. The summed E-state index contributed by atoms with van der Waals surface area (Å²) in [6.45, 7) is 14.8. The van der Waals surface area contributed by atoms with Gasteiger partial charge in [-0.2, -0.15) is 0 Å². The predicted octanol–water partition coefficient (Wildman–Crippen LogP) is 2.90. The summed E-state index contributed by atoms with van der Waals surface area (Å²) in [5.41, 5.74) is -0.683. The number of Topliss-reactive ketones (excluding diaryl/α,β-unsaturated/α-hetero) is 1. The summed E-state index contributed by atoms with van der Waals surface area (Å²) < 4.78 is 11.2. The zero-order valence-electron chi connectivity index (χ0n) is 16.2. The summed E-state index contributed by atoms with van der Waals surface area (Å²) in [5, 5.41) is 8.84.